The molecule has 0 aliphatic rings. The van der Waals surface area contributed by atoms with E-state index in [0.717, 1.165) is 43.8 Å². The second-order valence-electron chi connectivity index (χ2n) is 6.64. The Morgan fingerprint density at radius 3 is 2.54 bits per heavy atom. The lowest BCUT2D eigenvalue weighted by Gasteiger charge is -2.16. The molecule has 0 radical (unpaired) electrons. The summed E-state index contributed by atoms with van der Waals surface area (Å²) in [4.78, 5) is 14.2. The molecule has 2 aromatic rings. The number of carbonyl (C=O) groups excluding carboxylic acids is 1. The van der Waals surface area contributed by atoms with Crippen LogP contribution in [0.5, 0.6) is 5.75 Å². The molecule has 140 valence electrons. The van der Waals surface area contributed by atoms with Crippen molar-refractivity contribution in [3.63, 3.8) is 0 Å². The van der Waals surface area contributed by atoms with Crippen LogP contribution in [0.3, 0.4) is 0 Å². The topological polar surface area (TPSA) is 41.6 Å². The Hall–Kier alpha value is -2.33. The molecule has 26 heavy (non-hydrogen) atoms. The van der Waals surface area contributed by atoms with Crippen molar-refractivity contribution in [2.75, 3.05) is 26.7 Å². The highest BCUT2D eigenvalue weighted by atomic mass is 16.5. The maximum Gasteiger partial charge on any atom is 0.220 e. The minimum atomic E-state index is 0.101. The number of rotatable bonds is 11. The van der Waals surface area contributed by atoms with Crippen molar-refractivity contribution in [1.29, 1.82) is 0 Å². The van der Waals surface area contributed by atoms with Crippen molar-refractivity contribution in [2.45, 2.75) is 32.7 Å². The molecule has 0 aliphatic carbocycles. The summed E-state index contributed by atoms with van der Waals surface area (Å²) in [5.74, 6) is 0.999. The molecule has 0 saturated heterocycles. The first-order valence-corrected chi connectivity index (χ1v) is 9.33. The third-order valence-corrected chi connectivity index (χ3v) is 4.23. The zero-order valence-corrected chi connectivity index (χ0v) is 15.9. The van der Waals surface area contributed by atoms with Crippen molar-refractivity contribution >= 4 is 5.91 Å². The first kappa shape index (κ1) is 20.0. The predicted octanol–water partition coefficient (Wildman–Crippen LogP) is 3.79. The number of nitrogens with zero attached hydrogens (tertiary/aromatic N) is 1. The molecular weight excluding hydrogens is 324 g/mol. The fourth-order valence-electron chi connectivity index (χ4n) is 2.77. The number of hydrogen-bond acceptors (Lipinski definition) is 3. The van der Waals surface area contributed by atoms with E-state index in [2.05, 4.69) is 41.5 Å². The van der Waals surface area contributed by atoms with Gasteiger partial charge in [0, 0.05) is 19.5 Å². The van der Waals surface area contributed by atoms with Gasteiger partial charge in [0.15, 0.2) is 0 Å². The van der Waals surface area contributed by atoms with Gasteiger partial charge < -0.3 is 15.0 Å². The number of para-hydroxylation sites is 1. The summed E-state index contributed by atoms with van der Waals surface area (Å²) < 4.78 is 5.71. The summed E-state index contributed by atoms with van der Waals surface area (Å²) in [5.41, 5.74) is 2.43. The molecule has 0 saturated carbocycles. The van der Waals surface area contributed by atoms with Gasteiger partial charge in [0.2, 0.25) is 5.91 Å². The molecule has 4 nitrogen and oxygen atoms in total. The van der Waals surface area contributed by atoms with Crippen molar-refractivity contribution < 1.29 is 9.53 Å². The average molecular weight is 354 g/mol. The lowest BCUT2D eigenvalue weighted by molar-refractivity contribution is -0.121. The van der Waals surface area contributed by atoms with Gasteiger partial charge in [0.25, 0.3) is 0 Å². The highest BCUT2D eigenvalue weighted by Gasteiger charge is 2.04. The summed E-state index contributed by atoms with van der Waals surface area (Å²) in [6.45, 7) is 5.21. The van der Waals surface area contributed by atoms with E-state index in [4.69, 9.17) is 4.74 Å². The number of carbonyl (C=O) groups is 1. The average Bonchev–Trinajstić information content (AvgIpc) is 2.64. The Balaban J connectivity index is 1.50. The molecule has 1 amide bonds. The Morgan fingerprint density at radius 2 is 1.77 bits per heavy atom. The molecule has 2 aromatic carbocycles. The summed E-state index contributed by atoms with van der Waals surface area (Å²) in [6, 6.07) is 18.4. The fourth-order valence-corrected chi connectivity index (χ4v) is 2.77. The lowest BCUT2D eigenvalue weighted by Crippen LogP contribution is -2.28. The molecule has 0 spiro atoms. The minimum Gasteiger partial charge on any atom is -0.493 e. The highest BCUT2D eigenvalue weighted by molar-refractivity contribution is 5.75. The van der Waals surface area contributed by atoms with Crippen LogP contribution < -0.4 is 10.1 Å². The van der Waals surface area contributed by atoms with E-state index in [1.807, 2.05) is 37.3 Å². The molecule has 0 atom stereocenters. The first-order valence-electron chi connectivity index (χ1n) is 9.33. The fraction of sp³-hybridized carbons (Fsp3) is 0.409. The number of benzene rings is 2. The smallest absolute Gasteiger partial charge is 0.220 e. The van der Waals surface area contributed by atoms with Crippen molar-refractivity contribution in [3.8, 4) is 5.75 Å². The Labute approximate surface area is 157 Å². The number of nitrogens with one attached hydrogen (secondary N) is 1. The molecule has 1 N–H and O–H groups in total. The molecule has 0 aliphatic heterocycles. The van der Waals surface area contributed by atoms with Crippen molar-refractivity contribution in [3.05, 3.63) is 65.7 Å². The van der Waals surface area contributed by atoms with Crippen LogP contribution in [0, 0.1) is 6.92 Å². The zero-order valence-electron chi connectivity index (χ0n) is 15.9. The molecule has 0 bridgehead atoms. The molecule has 2 rings (SSSR count). The van der Waals surface area contributed by atoms with E-state index >= 15 is 0 Å². The van der Waals surface area contributed by atoms with Crippen LogP contribution in [0.4, 0.5) is 0 Å². The maximum absolute atomic E-state index is 11.9. The van der Waals surface area contributed by atoms with E-state index in [-0.39, 0.29) is 5.91 Å². The van der Waals surface area contributed by atoms with Crippen molar-refractivity contribution in [2.24, 2.45) is 0 Å². The van der Waals surface area contributed by atoms with E-state index in [9.17, 15) is 4.79 Å². The van der Waals surface area contributed by atoms with Crippen LogP contribution in [-0.2, 0) is 11.3 Å². The van der Waals surface area contributed by atoms with Crippen LogP contribution in [-0.4, -0.2) is 37.6 Å². The maximum atomic E-state index is 11.9. The zero-order chi connectivity index (χ0) is 18.6. The monoisotopic (exact) mass is 354 g/mol. The third-order valence-electron chi connectivity index (χ3n) is 4.23. The second-order valence-corrected chi connectivity index (χ2v) is 6.64. The Bertz CT molecular complexity index is 658. The lowest BCUT2D eigenvalue weighted by atomic mass is 10.2. The molecular formula is C22H30N2O2. The summed E-state index contributed by atoms with van der Waals surface area (Å²) >= 11 is 0. The number of ether oxygens (including phenoxy) is 1. The van der Waals surface area contributed by atoms with E-state index in [0.29, 0.717) is 13.0 Å². The standard InChI is InChI=1S/C22H30N2O2/c1-19-10-6-7-13-21(19)26-17-8-14-22(25)23-15-9-16-24(2)18-20-11-4-3-5-12-20/h3-7,10-13H,8-9,14-18H2,1-2H3,(H,23,25). The van der Waals surface area contributed by atoms with Gasteiger partial charge in [0.05, 0.1) is 6.61 Å². The normalized spacial score (nSPS) is 10.7. The number of aryl methyl sites for hydroxylation is 1. The molecule has 4 heteroatoms. The first-order chi connectivity index (χ1) is 12.6. The molecule has 0 aromatic heterocycles. The Morgan fingerprint density at radius 1 is 1.04 bits per heavy atom. The SMILES string of the molecule is Cc1ccccc1OCCCC(=O)NCCCN(C)Cc1ccccc1. The highest BCUT2D eigenvalue weighted by Crippen LogP contribution is 2.16. The van der Waals surface area contributed by atoms with E-state index in [1.165, 1.54) is 5.56 Å². The van der Waals surface area contributed by atoms with Gasteiger partial charge in [-0.2, -0.15) is 0 Å². The predicted molar refractivity (Wildman–Crippen MR) is 106 cm³/mol. The van der Waals surface area contributed by atoms with Crippen LogP contribution in [0.1, 0.15) is 30.4 Å². The number of amides is 1. The van der Waals surface area contributed by atoms with Gasteiger partial charge >= 0.3 is 0 Å². The summed E-state index contributed by atoms with van der Waals surface area (Å²) in [6.07, 6.45) is 2.19. The van der Waals surface area contributed by atoms with Gasteiger partial charge in [-0.05, 0) is 50.6 Å². The third kappa shape index (κ3) is 7.70. The van der Waals surface area contributed by atoms with Crippen molar-refractivity contribution in [1.82, 2.24) is 10.2 Å². The van der Waals surface area contributed by atoms with Gasteiger partial charge in [-0.15, -0.1) is 0 Å². The second kappa shape index (κ2) is 11.3. The van der Waals surface area contributed by atoms with Gasteiger partial charge in [0.1, 0.15) is 5.75 Å². The molecule has 0 unspecified atom stereocenters. The molecule has 0 heterocycles. The summed E-state index contributed by atoms with van der Waals surface area (Å²) in [5, 5.41) is 2.99. The van der Waals surface area contributed by atoms with Crippen LogP contribution >= 0.6 is 0 Å². The quantitative estimate of drug-likeness (QED) is 0.624. The van der Waals surface area contributed by atoms with E-state index in [1.54, 1.807) is 0 Å². The van der Waals surface area contributed by atoms with Crippen LogP contribution in [0.15, 0.2) is 54.6 Å². The van der Waals surface area contributed by atoms with Crippen LogP contribution in [0.25, 0.3) is 0 Å². The number of hydrogen-bond donors (Lipinski definition) is 1. The minimum absolute atomic E-state index is 0.101. The largest absolute Gasteiger partial charge is 0.493 e. The summed E-state index contributed by atoms with van der Waals surface area (Å²) in [7, 11) is 2.11. The van der Waals surface area contributed by atoms with E-state index < -0.39 is 0 Å². The van der Waals surface area contributed by atoms with Gasteiger partial charge in [-0.3, -0.25) is 4.79 Å². The Kier molecular flexibility index (Phi) is 8.70. The van der Waals surface area contributed by atoms with Gasteiger partial charge in [-0.25, -0.2) is 0 Å². The van der Waals surface area contributed by atoms with Gasteiger partial charge in [-0.1, -0.05) is 48.5 Å². The molecule has 0 fully saturated rings. The van der Waals surface area contributed by atoms with Crippen LogP contribution in [0.2, 0.25) is 0 Å².